The number of aliphatic hydroxyl groups excluding tert-OH is 1. The van der Waals surface area contributed by atoms with Crippen molar-refractivity contribution in [3.05, 3.63) is 59.7 Å². The Labute approximate surface area is 209 Å². The number of aromatic hydroxyl groups is 4. The summed E-state index contributed by atoms with van der Waals surface area (Å²) < 4.78 is 5.11. The van der Waals surface area contributed by atoms with Crippen LogP contribution in [0.15, 0.2) is 48.6 Å². The average molecular weight is 516 g/mol. The van der Waals surface area contributed by atoms with E-state index in [0.29, 0.717) is 0 Å². The number of hydrogen-bond donors (Lipinski definition) is 8. The van der Waals surface area contributed by atoms with E-state index in [1.54, 1.807) is 0 Å². The molecule has 2 aromatic rings. The number of benzene rings is 2. The van der Waals surface area contributed by atoms with Gasteiger partial charge in [0.15, 0.2) is 40.0 Å². The largest absolute Gasteiger partial charge is 0.504 e. The molecule has 4 atom stereocenters. The second-order valence-corrected chi connectivity index (χ2v) is 8.54. The molecular formula is C25H24O12. The normalized spacial score (nSPS) is 25.8. The predicted molar refractivity (Wildman–Crippen MR) is 125 cm³/mol. The van der Waals surface area contributed by atoms with Crippen LogP contribution in [-0.2, 0) is 19.1 Å². The van der Waals surface area contributed by atoms with Crippen molar-refractivity contribution in [2.75, 3.05) is 0 Å². The van der Waals surface area contributed by atoms with Crippen LogP contribution in [0.3, 0.4) is 0 Å². The molecule has 12 nitrogen and oxygen atoms in total. The van der Waals surface area contributed by atoms with Gasteiger partial charge in [0.2, 0.25) is 0 Å². The number of carboxylic acids is 1. The maximum absolute atomic E-state index is 13.0. The fourth-order valence-corrected chi connectivity index (χ4v) is 3.80. The Hall–Kier alpha value is -4.39. The number of carbonyl (C=O) groups excluding carboxylic acids is 2. The molecule has 3 rings (SSSR count). The maximum Gasteiger partial charge on any atom is 0.335 e. The minimum atomic E-state index is -2.85. The highest BCUT2D eigenvalue weighted by Crippen LogP contribution is 2.39. The van der Waals surface area contributed by atoms with Gasteiger partial charge in [-0.3, -0.25) is 4.79 Å². The molecule has 0 spiro atoms. The van der Waals surface area contributed by atoms with Gasteiger partial charge in [-0.15, -0.1) is 0 Å². The van der Waals surface area contributed by atoms with E-state index in [1.165, 1.54) is 12.1 Å². The summed E-state index contributed by atoms with van der Waals surface area (Å²) in [7, 11) is 0. The maximum atomic E-state index is 13.0. The lowest BCUT2D eigenvalue weighted by atomic mass is 9.70. The van der Waals surface area contributed by atoms with E-state index < -0.39 is 77.0 Å². The van der Waals surface area contributed by atoms with Gasteiger partial charge in [-0.2, -0.15) is 0 Å². The number of esters is 1. The third kappa shape index (κ3) is 5.72. The van der Waals surface area contributed by atoms with Crippen LogP contribution in [0.1, 0.15) is 24.0 Å². The molecule has 37 heavy (non-hydrogen) atoms. The molecule has 0 bridgehead atoms. The van der Waals surface area contributed by atoms with Crippen LogP contribution in [0.25, 0.3) is 12.2 Å². The van der Waals surface area contributed by atoms with E-state index >= 15 is 0 Å². The monoisotopic (exact) mass is 516 g/mol. The SMILES string of the molecule is O=C(/C=C/c1ccc(O)c(O)c1)O[C@@H]1CC(O)(C(=O)O)C[C@@H](O)C1(O)C(=O)/C=C/c1ccc(O)c(O)c1. The van der Waals surface area contributed by atoms with Crippen molar-refractivity contribution < 1.29 is 60.0 Å². The summed E-state index contributed by atoms with van der Waals surface area (Å²) in [5.41, 5.74) is -5.01. The fourth-order valence-electron chi connectivity index (χ4n) is 3.80. The number of rotatable bonds is 7. The highest BCUT2D eigenvalue weighted by atomic mass is 16.6. The minimum absolute atomic E-state index is 0.216. The first-order valence-corrected chi connectivity index (χ1v) is 10.8. The van der Waals surface area contributed by atoms with Crippen LogP contribution in [0, 0.1) is 0 Å². The first-order valence-electron chi connectivity index (χ1n) is 10.8. The fraction of sp³-hybridized carbons (Fsp3) is 0.240. The second-order valence-electron chi connectivity index (χ2n) is 8.54. The van der Waals surface area contributed by atoms with Crippen molar-refractivity contribution in [1.82, 2.24) is 0 Å². The first kappa shape index (κ1) is 27.2. The molecule has 1 saturated carbocycles. The summed E-state index contributed by atoms with van der Waals surface area (Å²) in [6.45, 7) is 0. The number of ether oxygens (including phenoxy) is 1. The van der Waals surface area contributed by atoms with E-state index in [1.807, 2.05) is 0 Å². The van der Waals surface area contributed by atoms with E-state index in [2.05, 4.69) is 0 Å². The van der Waals surface area contributed by atoms with Crippen molar-refractivity contribution >= 4 is 29.9 Å². The van der Waals surface area contributed by atoms with Crippen molar-refractivity contribution in [3.63, 3.8) is 0 Å². The summed E-state index contributed by atoms with van der Waals surface area (Å²) in [4.78, 5) is 37.0. The third-order valence-electron chi connectivity index (χ3n) is 5.94. The smallest absolute Gasteiger partial charge is 0.335 e. The Morgan fingerprint density at radius 3 is 1.81 bits per heavy atom. The van der Waals surface area contributed by atoms with Gasteiger partial charge in [-0.1, -0.05) is 18.2 Å². The molecule has 0 saturated heterocycles. The molecule has 0 aliphatic heterocycles. The van der Waals surface area contributed by atoms with E-state index in [9.17, 15) is 55.2 Å². The van der Waals surface area contributed by atoms with Crippen molar-refractivity contribution in [1.29, 1.82) is 0 Å². The Morgan fingerprint density at radius 2 is 1.32 bits per heavy atom. The molecule has 196 valence electrons. The van der Waals surface area contributed by atoms with Crippen LogP contribution < -0.4 is 0 Å². The first-order chi connectivity index (χ1) is 17.3. The van der Waals surface area contributed by atoms with E-state index in [0.717, 1.165) is 48.6 Å². The van der Waals surface area contributed by atoms with Gasteiger partial charge < -0.3 is 45.6 Å². The molecule has 0 radical (unpaired) electrons. The van der Waals surface area contributed by atoms with E-state index in [-0.39, 0.29) is 11.1 Å². The lowest BCUT2D eigenvalue weighted by Gasteiger charge is -2.45. The summed E-state index contributed by atoms with van der Waals surface area (Å²) in [6, 6.07) is 7.19. The van der Waals surface area contributed by atoms with Gasteiger partial charge in [0.25, 0.3) is 0 Å². The average Bonchev–Trinajstić information content (AvgIpc) is 2.83. The summed E-state index contributed by atoms with van der Waals surface area (Å²) in [6.07, 6.45) is -2.15. The van der Waals surface area contributed by atoms with Gasteiger partial charge in [0, 0.05) is 18.9 Å². The Balaban J connectivity index is 1.89. The number of phenolic OH excluding ortho intramolecular Hbond substituents is 4. The van der Waals surface area contributed by atoms with Crippen molar-refractivity contribution in [3.8, 4) is 23.0 Å². The van der Waals surface area contributed by atoms with Crippen LogP contribution in [-0.4, -0.2) is 82.0 Å². The van der Waals surface area contributed by atoms with Gasteiger partial charge in [-0.05, 0) is 47.5 Å². The van der Waals surface area contributed by atoms with Crippen LogP contribution in [0.2, 0.25) is 0 Å². The quantitative estimate of drug-likeness (QED) is 0.142. The van der Waals surface area contributed by atoms with Gasteiger partial charge >= 0.3 is 11.9 Å². The zero-order chi connectivity index (χ0) is 27.5. The van der Waals surface area contributed by atoms with Crippen molar-refractivity contribution in [2.24, 2.45) is 0 Å². The molecule has 0 amide bonds. The standard InChI is InChI=1S/C25H24O12/c26-15-5-1-13(9-17(15)28)3-7-19(30)25(36)20(31)11-24(35,23(33)34)12-21(25)37-22(32)8-4-14-2-6-16(27)18(29)10-14/h1-10,20-21,26-29,31,35-36H,11-12H2,(H,33,34)/b7-3+,8-4+/t20-,21-,24?,25?/m1/s1. The predicted octanol–water partition coefficient (Wildman–Crippen LogP) is 0.418. The molecule has 1 aliphatic rings. The summed E-state index contributed by atoms with van der Waals surface area (Å²) >= 11 is 0. The molecule has 12 heteroatoms. The Bertz CT molecular complexity index is 1280. The highest BCUT2D eigenvalue weighted by Gasteiger charge is 2.61. The van der Waals surface area contributed by atoms with Gasteiger partial charge in [-0.25, -0.2) is 9.59 Å². The minimum Gasteiger partial charge on any atom is -0.504 e. The molecule has 8 N–H and O–H groups in total. The lowest BCUT2D eigenvalue weighted by molar-refractivity contribution is -0.222. The topological polar surface area (TPSA) is 222 Å². The summed E-state index contributed by atoms with van der Waals surface area (Å²) in [5, 5.41) is 79.4. The number of hydrogen-bond acceptors (Lipinski definition) is 11. The lowest BCUT2D eigenvalue weighted by Crippen LogP contribution is -2.67. The number of carbonyl (C=O) groups is 3. The van der Waals surface area contributed by atoms with Crippen LogP contribution >= 0.6 is 0 Å². The number of ketones is 1. The summed E-state index contributed by atoms with van der Waals surface area (Å²) in [5.74, 6) is -5.91. The Kier molecular flexibility index (Phi) is 7.58. The van der Waals surface area contributed by atoms with E-state index in [4.69, 9.17) is 4.74 Å². The van der Waals surface area contributed by atoms with Crippen molar-refractivity contribution in [2.45, 2.75) is 36.3 Å². The zero-order valence-corrected chi connectivity index (χ0v) is 19.1. The molecule has 2 unspecified atom stereocenters. The molecule has 1 fully saturated rings. The van der Waals surface area contributed by atoms with Crippen LogP contribution in [0.4, 0.5) is 0 Å². The van der Waals surface area contributed by atoms with Crippen LogP contribution in [0.5, 0.6) is 23.0 Å². The number of aliphatic carboxylic acids is 1. The third-order valence-corrected chi connectivity index (χ3v) is 5.94. The number of phenols is 4. The number of aliphatic hydroxyl groups is 3. The Morgan fingerprint density at radius 1 is 0.811 bits per heavy atom. The number of carboxylic acid groups (broad SMARTS) is 1. The highest BCUT2D eigenvalue weighted by molar-refractivity contribution is 6.01. The molecule has 0 aromatic heterocycles. The second kappa shape index (κ2) is 10.3. The molecule has 2 aromatic carbocycles. The molecular weight excluding hydrogens is 492 g/mol. The zero-order valence-electron chi connectivity index (χ0n) is 19.1. The van der Waals surface area contributed by atoms with Gasteiger partial charge in [0.05, 0.1) is 6.10 Å². The van der Waals surface area contributed by atoms with Gasteiger partial charge in [0.1, 0.15) is 6.10 Å². The molecule has 1 aliphatic carbocycles. The molecule has 0 heterocycles.